The minimum atomic E-state index is -0.415. The maximum Gasteiger partial charge on any atom is 0.140 e. The van der Waals surface area contributed by atoms with Gasteiger partial charge in [0.15, 0.2) is 0 Å². The molecule has 0 radical (unpaired) electrons. The summed E-state index contributed by atoms with van der Waals surface area (Å²) in [7, 11) is 0. The summed E-state index contributed by atoms with van der Waals surface area (Å²) in [6.45, 7) is 0. The quantitative estimate of drug-likeness (QED) is 0.708. The molecule has 1 fully saturated rings. The van der Waals surface area contributed by atoms with Crippen molar-refractivity contribution in [1.29, 1.82) is 0 Å². The van der Waals surface area contributed by atoms with Gasteiger partial charge in [0.2, 0.25) is 0 Å². The smallest absolute Gasteiger partial charge is 0.140 e. The molecular weight excluding hydrogens is 231 g/mol. The molecule has 0 unspecified atom stereocenters. The van der Waals surface area contributed by atoms with Crippen molar-refractivity contribution in [2.45, 2.75) is 25.2 Å². The zero-order valence-corrected chi connectivity index (χ0v) is 9.26. The largest absolute Gasteiger partial charge is 0.299 e. The number of carbonyl (C=O) groups is 2. The zero-order chi connectivity index (χ0) is 11.7. The lowest BCUT2D eigenvalue weighted by Crippen LogP contribution is -2.21. The van der Waals surface area contributed by atoms with Gasteiger partial charge in [-0.1, -0.05) is 17.7 Å². The van der Waals surface area contributed by atoms with E-state index >= 15 is 0 Å². The number of ketones is 2. The molecule has 1 aliphatic carbocycles. The summed E-state index contributed by atoms with van der Waals surface area (Å²) in [6.07, 6.45) is 0.656. The van der Waals surface area contributed by atoms with Gasteiger partial charge in [0.1, 0.15) is 17.4 Å². The van der Waals surface area contributed by atoms with E-state index in [-0.39, 0.29) is 28.9 Å². The molecule has 0 saturated heterocycles. The lowest BCUT2D eigenvalue weighted by Gasteiger charge is -2.21. The van der Waals surface area contributed by atoms with Crippen molar-refractivity contribution in [2.75, 3.05) is 0 Å². The summed E-state index contributed by atoms with van der Waals surface area (Å²) in [5.74, 6) is -0.743. The second-order valence-electron chi connectivity index (χ2n) is 4.03. The van der Waals surface area contributed by atoms with E-state index in [0.29, 0.717) is 18.4 Å². The van der Waals surface area contributed by atoms with Crippen molar-refractivity contribution in [2.24, 2.45) is 0 Å². The molecule has 0 bridgehead atoms. The van der Waals surface area contributed by atoms with Crippen LogP contribution >= 0.6 is 11.6 Å². The fourth-order valence-corrected chi connectivity index (χ4v) is 2.36. The monoisotopic (exact) mass is 240 g/mol. The predicted molar refractivity (Wildman–Crippen MR) is 58.0 cm³/mol. The summed E-state index contributed by atoms with van der Waals surface area (Å²) in [4.78, 5) is 22.6. The fourth-order valence-electron chi connectivity index (χ4n) is 2.04. The Morgan fingerprint density at radius 2 is 1.81 bits per heavy atom. The van der Waals surface area contributed by atoms with Crippen LogP contribution in [0, 0.1) is 5.82 Å². The van der Waals surface area contributed by atoms with Gasteiger partial charge >= 0.3 is 0 Å². The van der Waals surface area contributed by atoms with Crippen LogP contribution in [0.5, 0.6) is 0 Å². The van der Waals surface area contributed by atoms with Crippen LogP contribution < -0.4 is 0 Å². The number of halogens is 2. The Kier molecular flexibility index (Phi) is 3.06. The molecule has 0 atom stereocenters. The Morgan fingerprint density at radius 3 is 2.38 bits per heavy atom. The Hall–Kier alpha value is -1.22. The standard InChI is InChI=1S/C12H10ClFO2/c13-12-5-8(14)1-2-11(12)7-3-9(15)6-10(16)4-7/h1-2,5,7H,3-4,6H2. The summed E-state index contributed by atoms with van der Waals surface area (Å²) >= 11 is 5.90. The van der Waals surface area contributed by atoms with E-state index in [0.717, 1.165) is 0 Å². The summed E-state index contributed by atoms with van der Waals surface area (Å²) in [6, 6.07) is 4.05. The Balaban J connectivity index is 2.29. The van der Waals surface area contributed by atoms with Gasteiger partial charge in [-0.15, -0.1) is 0 Å². The maximum atomic E-state index is 12.8. The fraction of sp³-hybridized carbons (Fsp3) is 0.333. The average molecular weight is 241 g/mol. The highest BCUT2D eigenvalue weighted by Crippen LogP contribution is 2.33. The molecule has 0 aliphatic heterocycles. The van der Waals surface area contributed by atoms with Crippen molar-refractivity contribution in [3.05, 3.63) is 34.6 Å². The van der Waals surface area contributed by atoms with Gasteiger partial charge < -0.3 is 0 Å². The van der Waals surface area contributed by atoms with E-state index in [1.807, 2.05) is 0 Å². The minimum Gasteiger partial charge on any atom is -0.299 e. The van der Waals surface area contributed by atoms with Crippen LogP contribution in [0.3, 0.4) is 0 Å². The van der Waals surface area contributed by atoms with Gasteiger partial charge in [-0.2, -0.15) is 0 Å². The van der Waals surface area contributed by atoms with Crippen LogP contribution in [-0.4, -0.2) is 11.6 Å². The normalized spacial score (nSPS) is 17.9. The lowest BCUT2D eigenvalue weighted by molar-refractivity contribution is -0.130. The average Bonchev–Trinajstić information content (AvgIpc) is 2.15. The second-order valence-corrected chi connectivity index (χ2v) is 4.43. The molecule has 4 heteroatoms. The first-order valence-electron chi connectivity index (χ1n) is 5.04. The summed E-state index contributed by atoms with van der Waals surface area (Å²) < 4.78 is 12.8. The zero-order valence-electron chi connectivity index (χ0n) is 8.50. The van der Waals surface area contributed by atoms with Crippen molar-refractivity contribution in [3.63, 3.8) is 0 Å². The molecule has 16 heavy (non-hydrogen) atoms. The van der Waals surface area contributed by atoms with Gasteiger partial charge in [-0.3, -0.25) is 9.59 Å². The van der Waals surface area contributed by atoms with Gasteiger partial charge in [0.05, 0.1) is 6.42 Å². The number of carbonyl (C=O) groups excluding carboxylic acids is 2. The number of benzene rings is 1. The van der Waals surface area contributed by atoms with Crippen molar-refractivity contribution >= 4 is 23.2 Å². The number of rotatable bonds is 1. The van der Waals surface area contributed by atoms with Crippen LogP contribution in [0.1, 0.15) is 30.7 Å². The molecule has 0 heterocycles. The summed E-state index contributed by atoms with van der Waals surface area (Å²) in [5, 5.41) is 0.285. The van der Waals surface area contributed by atoms with Crippen LogP contribution in [0.15, 0.2) is 18.2 Å². The van der Waals surface area contributed by atoms with Crippen LogP contribution in [-0.2, 0) is 9.59 Å². The molecule has 1 saturated carbocycles. The van der Waals surface area contributed by atoms with Gasteiger partial charge in [-0.05, 0) is 23.6 Å². The number of hydrogen-bond donors (Lipinski definition) is 0. The highest BCUT2D eigenvalue weighted by Gasteiger charge is 2.27. The van der Waals surface area contributed by atoms with Crippen LogP contribution in [0.25, 0.3) is 0 Å². The SMILES string of the molecule is O=C1CC(=O)CC(c2ccc(F)cc2Cl)C1. The molecule has 1 aromatic carbocycles. The van der Waals surface area contributed by atoms with E-state index in [9.17, 15) is 14.0 Å². The molecular formula is C12H10ClFO2. The third kappa shape index (κ3) is 2.30. The molecule has 0 amide bonds. The molecule has 2 nitrogen and oxygen atoms in total. The van der Waals surface area contributed by atoms with Crippen LogP contribution in [0.2, 0.25) is 5.02 Å². The van der Waals surface area contributed by atoms with Gasteiger partial charge in [-0.25, -0.2) is 4.39 Å². The first kappa shape index (κ1) is 11.3. The van der Waals surface area contributed by atoms with E-state index in [2.05, 4.69) is 0 Å². The molecule has 2 rings (SSSR count). The first-order valence-corrected chi connectivity index (χ1v) is 5.42. The Morgan fingerprint density at radius 1 is 1.19 bits per heavy atom. The minimum absolute atomic E-state index is 0.0231. The number of hydrogen-bond acceptors (Lipinski definition) is 2. The van der Waals surface area contributed by atoms with E-state index in [1.165, 1.54) is 12.1 Å². The van der Waals surface area contributed by atoms with Crippen molar-refractivity contribution in [3.8, 4) is 0 Å². The van der Waals surface area contributed by atoms with Crippen molar-refractivity contribution < 1.29 is 14.0 Å². The summed E-state index contributed by atoms with van der Waals surface area (Å²) in [5.41, 5.74) is 0.685. The highest BCUT2D eigenvalue weighted by molar-refractivity contribution is 6.31. The third-order valence-electron chi connectivity index (χ3n) is 2.74. The molecule has 1 aliphatic rings. The lowest BCUT2D eigenvalue weighted by atomic mass is 9.82. The molecule has 1 aromatic rings. The van der Waals surface area contributed by atoms with Crippen LogP contribution in [0.4, 0.5) is 4.39 Å². The second kappa shape index (κ2) is 4.34. The molecule has 0 spiro atoms. The Labute approximate surface area is 97.4 Å². The van der Waals surface area contributed by atoms with Gasteiger partial charge in [0.25, 0.3) is 0 Å². The topological polar surface area (TPSA) is 34.1 Å². The van der Waals surface area contributed by atoms with E-state index in [4.69, 9.17) is 11.6 Å². The molecule has 84 valence electrons. The van der Waals surface area contributed by atoms with E-state index in [1.54, 1.807) is 6.07 Å². The molecule has 0 N–H and O–H groups in total. The Bertz CT molecular complexity index is 440. The maximum absolute atomic E-state index is 12.8. The predicted octanol–water partition coefficient (Wildman–Crippen LogP) is 2.88. The molecule has 0 aromatic heterocycles. The van der Waals surface area contributed by atoms with Gasteiger partial charge in [0, 0.05) is 17.9 Å². The first-order chi connectivity index (χ1) is 7.56. The van der Waals surface area contributed by atoms with Crippen molar-refractivity contribution in [1.82, 2.24) is 0 Å². The third-order valence-corrected chi connectivity index (χ3v) is 3.07. The highest BCUT2D eigenvalue weighted by atomic mass is 35.5. The van der Waals surface area contributed by atoms with E-state index < -0.39 is 5.82 Å². The number of Topliss-reactive ketones (excluding diaryl/α,β-unsaturated/α-hetero) is 2.